The lowest BCUT2D eigenvalue weighted by Crippen LogP contribution is -2.38. The molecule has 0 aliphatic carbocycles. The largest absolute Gasteiger partial charge is 0.379 e. The summed E-state index contributed by atoms with van der Waals surface area (Å²) >= 11 is 0. The summed E-state index contributed by atoms with van der Waals surface area (Å²) < 4.78 is 11.0. The Kier molecular flexibility index (Phi) is 11.4. The highest BCUT2D eigenvalue weighted by Gasteiger charge is 2.06. The molecular weight excluding hydrogens is 318 g/mol. The number of nitrogens with one attached hydrogen (secondary N) is 2. The average Bonchev–Trinajstić information content (AvgIpc) is 2.63. The fourth-order valence-corrected chi connectivity index (χ4v) is 2.18. The van der Waals surface area contributed by atoms with Gasteiger partial charge in [-0.3, -0.25) is 4.99 Å². The van der Waals surface area contributed by atoms with Crippen molar-refractivity contribution >= 4 is 11.8 Å². The maximum absolute atomic E-state index is 5.54. The molecule has 1 rings (SSSR count). The van der Waals surface area contributed by atoms with Gasteiger partial charge in [0.25, 0.3) is 0 Å². The van der Waals surface area contributed by atoms with Gasteiger partial charge in [0.15, 0.2) is 5.96 Å². The van der Waals surface area contributed by atoms with Crippen LogP contribution >= 0.6 is 0 Å². The lowest BCUT2D eigenvalue weighted by molar-refractivity contribution is 0.0487. The van der Waals surface area contributed by atoms with Crippen molar-refractivity contribution in [3.8, 4) is 0 Å². The molecule has 25 heavy (non-hydrogen) atoms. The number of unbranched alkanes of at least 4 members (excludes halogenated alkanes) is 1. The monoisotopic (exact) mass is 351 g/mol. The maximum atomic E-state index is 5.54. The van der Waals surface area contributed by atoms with Gasteiger partial charge in [-0.25, -0.2) is 4.98 Å². The van der Waals surface area contributed by atoms with Crippen LogP contribution < -0.4 is 15.5 Å². The molecule has 0 saturated heterocycles. The van der Waals surface area contributed by atoms with E-state index in [0.717, 1.165) is 36.8 Å². The van der Waals surface area contributed by atoms with E-state index in [1.54, 1.807) is 13.2 Å². The topological polar surface area (TPSA) is 71.0 Å². The van der Waals surface area contributed by atoms with Crippen molar-refractivity contribution in [2.75, 3.05) is 59.0 Å². The van der Waals surface area contributed by atoms with E-state index < -0.39 is 0 Å². The van der Waals surface area contributed by atoms with Crippen molar-refractivity contribution in [1.82, 2.24) is 15.6 Å². The van der Waals surface area contributed by atoms with E-state index in [-0.39, 0.29) is 0 Å². The number of ether oxygens (including phenoxy) is 2. The Morgan fingerprint density at radius 1 is 1.16 bits per heavy atom. The standard InChI is InChI=1S/C18H33N5O2/c1-5-6-11-24-13-14-25-12-10-21-18(19-2)22-15-16-8-7-9-20-17(16)23(3)4/h7-9H,5-6,10-15H2,1-4H3,(H2,19,21,22). The summed E-state index contributed by atoms with van der Waals surface area (Å²) in [6.45, 7) is 6.23. The molecule has 0 radical (unpaired) electrons. The van der Waals surface area contributed by atoms with Crippen LogP contribution in [0, 0.1) is 0 Å². The average molecular weight is 351 g/mol. The molecule has 7 nitrogen and oxygen atoms in total. The van der Waals surface area contributed by atoms with E-state index in [4.69, 9.17) is 9.47 Å². The normalized spacial score (nSPS) is 11.4. The first-order valence-corrected chi connectivity index (χ1v) is 8.90. The Balaban J connectivity index is 2.19. The number of pyridine rings is 1. The summed E-state index contributed by atoms with van der Waals surface area (Å²) in [5.74, 6) is 1.70. The van der Waals surface area contributed by atoms with Crippen LogP contribution in [0.15, 0.2) is 23.3 Å². The van der Waals surface area contributed by atoms with Gasteiger partial charge in [0.2, 0.25) is 0 Å². The molecule has 0 aromatic carbocycles. The van der Waals surface area contributed by atoms with Gasteiger partial charge in [-0.15, -0.1) is 0 Å². The number of rotatable bonds is 12. The molecule has 0 atom stereocenters. The van der Waals surface area contributed by atoms with Gasteiger partial charge in [0.1, 0.15) is 5.82 Å². The second-order valence-corrected chi connectivity index (χ2v) is 5.81. The second kappa shape index (κ2) is 13.4. The molecule has 2 N–H and O–H groups in total. The van der Waals surface area contributed by atoms with Crippen LogP contribution in [0.25, 0.3) is 0 Å². The van der Waals surface area contributed by atoms with E-state index in [0.29, 0.717) is 32.9 Å². The minimum atomic E-state index is 0.619. The zero-order valence-corrected chi connectivity index (χ0v) is 16.0. The number of aliphatic imine (C=N–C) groups is 1. The third-order valence-electron chi connectivity index (χ3n) is 3.51. The number of hydrogen-bond acceptors (Lipinski definition) is 5. The van der Waals surface area contributed by atoms with Gasteiger partial charge in [0, 0.05) is 52.6 Å². The predicted octanol–water partition coefficient (Wildman–Crippen LogP) is 1.65. The lowest BCUT2D eigenvalue weighted by Gasteiger charge is -2.17. The fraction of sp³-hybridized carbons (Fsp3) is 0.667. The smallest absolute Gasteiger partial charge is 0.191 e. The highest BCUT2D eigenvalue weighted by molar-refractivity contribution is 5.79. The van der Waals surface area contributed by atoms with Gasteiger partial charge in [-0.05, 0) is 12.5 Å². The van der Waals surface area contributed by atoms with Crippen molar-refractivity contribution in [2.45, 2.75) is 26.3 Å². The number of hydrogen-bond donors (Lipinski definition) is 2. The van der Waals surface area contributed by atoms with Crippen molar-refractivity contribution in [2.24, 2.45) is 4.99 Å². The SMILES string of the molecule is CCCCOCCOCCNC(=NC)NCc1cccnc1N(C)C. The first-order chi connectivity index (χ1) is 12.2. The van der Waals surface area contributed by atoms with E-state index in [9.17, 15) is 0 Å². The van der Waals surface area contributed by atoms with Crippen LogP contribution in [0.3, 0.4) is 0 Å². The van der Waals surface area contributed by atoms with Gasteiger partial charge < -0.3 is 25.0 Å². The fourth-order valence-electron chi connectivity index (χ4n) is 2.18. The first-order valence-electron chi connectivity index (χ1n) is 8.90. The second-order valence-electron chi connectivity index (χ2n) is 5.81. The van der Waals surface area contributed by atoms with Crippen LogP contribution in [-0.2, 0) is 16.0 Å². The Morgan fingerprint density at radius 3 is 2.60 bits per heavy atom. The molecular formula is C18H33N5O2. The van der Waals surface area contributed by atoms with E-state index in [2.05, 4.69) is 33.6 Å². The van der Waals surface area contributed by atoms with E-state index in [1.165, 1.54) is 0 Å². The predicted molar refractivity (Wildman–Crippen MR) is 103 cm³/mol. The van der Waals surface area contributed by atoms with E-state index in [1.807, 2.05) is 25.1 Å². The minimum Gasteiger partial charge on any atom is -0.379 e. The molecule has 0 amide bonds. The Bertz CT molecular complexity index is 494. The molecule has 0 unspecified atom stereocenters. The molecule has 1 aromatic rings. The third kappa shape index (κ3) is 9.26. The molecule has 0 spiro atoms. The van der Waals surface area contributed by atoms with Gasteiger partial charge in [-0.2, -0.15) is 0 Å². The molecule has 7 heteroatoms. The molecule has 0 aliphatic heterocycles. The molecule has 0 saturated carbocycles. The van der Waals surface area contributed by atoms with Crippen molar-refractivity contribution in [3.05, 3.63) is 23.9 Å². The summed E-state index contributed by atoms with van der Waals surface area (Å²) in [5, 5.41) is 6.54. The maximum Gasteiger partial charge on any atom is 0.191 e. The highest BCUT2D eigenvalue weighted by atomic mass is 16.5. The van der Waals surface area contributed by atoms with Crippen molar-refractivity contribution < 1.29 is 9.47 Å². The van der Waals surface area contributed by atoms with Crippen molar-refractivity contribution in [3.63, 3.8) is 0 Å². The summed E-state index contributed by atoms with van der Waals surface area (Å²) in [6, 6.07) is 4.00. The molecule has 0 fully saturated rings. The van der Waals surface area contributed by atoms with Crippen LogP contribution in [0.5, 0.6) is 0 Å². The molecule has 0 aliphatic rings. The highest BCUT2D eigenvalue weighted by Crippen LogP contribution is 2.13. The Hall–Kier alpha value is -1.86. The number of anilines is 1. The first kappa shape index (κ1) is 21.2. The van der Waals surface area contributed by atoms with E-state index >= 15 is 0 Å². The Labute approximate surface area is 151 Å². The van der Waals surface area contributed by atoms with Gasteiger partial charge >= 0.3 is 0 Å². The summed E-state index contributed by atoms with van der Waals surface area (Å²) in [5.41, 5.74) is 1.12. The summed E-state index contributed by atoms with van der Waals surface area (Å²) in [6.07, 6.45) is 4.07. The number of aromatic nitrogens is 1. The van der Waals surface area contributed by atoms with Gasteiger partial charge in [0.05, 0.1) is 19.8 Å². The van der Waals surface area contributed by atoms with Crippen LogP contribution in [0.2, 0.25) is 0 Å². The van der Waals surface area contributed by atoms with Crippen molar-refractivity contribution in [1.29, 1.82) is 0 Å². The molecule has 1 aromatic heterocycles. The summed E-state index contributed by atoms with van der Waals surface area (Å²) in [7, 11) is 5.73. The lowest BCUT2D eigenvalue weighted by atomic mass is 10.2. The quantitative estimate of drug-likeness (QED) is 0.339. The molecule has 0 bridgehead atoms. The van der Waals surface area contributed by atoms with Gasteiger partial charge in [-0.1, -0.05) is 19.4 Å². The zero-order chi connectivity index (χ0) is 18.3. The minimum absolute atomic E-state index is 0.619. The molecule has 1 heterocycles. The van der Waals surface area contributed by atoms with Crippen LogP contribution in [0.4, 0.5) is 5.82 Å². The number of nitrogens with zero attached hydrogens (tertiary/aromatic N) is 3. The molecule has 142 valence electrons. The van der Waals surface area contributed by atoms with Crippen LogP contribution in [-0.4, -0.2) is 65.1 Å². The zero-order valence-electron chi connectivity index (χ0n) is 16.0. The third-order valence-corrected chi connectivity index (χ3v) is 3.51. The number of guanidine groups is 1. The van der Waals surface area contributed by atoms with Crippen LogP contribution in [0.1, 0.15) is 25.3 Å². The summed E-state index contributed by atoms with van der Waals surface area (Å²) in [4.78, 5) is 10.6. The Morgan fingerprint density at radius 2 is 1.92 bits per heavy atom.